The number of thioether (sulfide) groups is 1. The summed E-state index contributed by atoms with van der Waals surface area (Å²) in [6.07, 6.45) is -3.14. The van der Waals surface area contributed by atoms with Gasteiger partial charge in [-0.25, -0.2) is 0 Å². The molecule has 11 heteroatoms. The number of allylic oxidation sites excluding steroid dienone is 1. The topological polar surface area (TPSA) is 88.9 Å². The Morgan fingerprint density at radius 1 is 0.973 bits per heavy atom. The Balaban J connectivity index is 1.40. The number of fused-ring (bicyclic) bond motifs is 1. The summed E-state index contributed by atoms with van der Waals surface area (Å²) in [6, 6.07) is 17.7. The summed E-state index contributed by atoms with van der Waals surface area (Å²) in [5.74, 6) is -0.448. The molecule has 0 radical (unpaired) electrons. The van der Waals surface area contributed by atoms with Crippen LogP contribution in [0.15, 0.2) is 84.5 Å². The highest BCUT2D eigenvalue weighted by Crippen LogP contribution is 2.30. The Kier molecular flexibility index (Phi) is 7.92. The Bertz CT molecular complexity index is 1450. The Labute approximate surface area is 214 Å². The van der Waals surface area contributed by atoms with Crippen molar-refractivity contribution in [3.8, 4) is 0 Å². The molecule has 7 nitrogen and oxygen atoms in total. The fraction of sp³-hybridized carbons (Fsp3) is 0.154. The first-order valence-corrected chi connectivity index (χ1v) is 12.1. The van der Waals surface area contributed by atoms with Crippen LogP contribution in [0.3, 0.4) is 0 Å². The lowest BCUT2D eigenvalue weighted by atomic mass is 10.1. The molecule has 4 aromatic rings. The van der Waals surface area contributed by atoms with Crippen molar-refractivity contribution in [1.82, 2.24) is 14.8 Å². The predicted molar refractivity (Wildman–Crippen MR) is 137 cm³/mol. The van der Waals surface area contributed by atoms with E-state index in [1.165, 1.54) is 12.1 Å². The molecule has 1 aromatic heterocycles. The second-order valence-corrected chi connectivity index (χ2v) is 8.91. The molecule has 0 aliphatic carbocycles. The van der Waals surface area contributed by atoms with Crippen LogP contribution in [0.1, 0.15) is 11.4 Å². The van der Waals surface area contributed by atoms with Gasteiger partial charge in [-0.2, -0.15) is 13.2 Å². The third-order valence-electron chi connectivity index (χ3n) is 5.29. The van der Waals surface area contributed by atoms with E-state index < -0.39 is 17.6 Å². The first-order chi connectivity index (χ1) is 17.7. The molecule has 0 atom stereocenters. The molecule has 0 aliphatic rings. The van der Waals surface area contributed by atoms with Crippen molar-refractivity contribution in [1.29, 1.82) is 0 Å². The molecule has 0 saturated carbocycles. The van der Waals surface area contributed by atoms with Crippen molar-refractivity contribution < 1.29 is 22.8 Å². The molecule has 4 rings (SSSR count). The number of alkyl halides is 3. The molecule has 2 amide bonds. The van der Waals surface area contributed by atoms with Crippen LogP contribution >= 0.6 is 11.8 Å². The maximum atomic E-state index is 12.9. The number of hydrogen-bond donors (Lipinski definition) is 2. The molecule has 0 spiro atoms. The third-order valence-corrected chi connectivity index (χ3v) is 6.26. The van der Waals surface area contributed by atoms with Gasteiger partial charge >= 0.3 is 6.18 Å². The highest BCUT2D eigenvalue weighted by atomic mass is 32.2. The van der Waals surface area contributed by atoms with Gasteiger partial charge in [0.2, 0.25) is 11.8 Å². The van der Waals surface area contributed by atoms with Crippen LogP contribution in [0.5, 0.6) is 0 Å². The van der Waals surface area contributed by atoms with Gasteiger partial charge < -0.3 is 15.2 Å². The third kappa shape index (κ3) is 6.56. The lowest BCUT2D eigenvalue weighted by Gasteiger charge is -2.11. The number of anilines is 2. The second-order valence-electron chi connectivity index (χ2n) is 7.97. The molecule has 2 N–H and O–H groups in total. The summed E-state index contributed by atoms with van der Waals surface area (Å²) in [4.78, 5) is 25.1. The molecule has 0 saturated heterocycles. The van der Waals surface area contributed by atoms with E-state index in [1.807, 2.05) is 42.5 Å². The number of hydrogen-bond acceptors (Lipinski definition) is 5. The number of carbonyl (C=O) groups is 2. The molecular formula is C26H22F3N5O2S. The van der Waals surface area contributed by atoms with Gasteiger partial charge in [0.15, 0.2) is 5.16 Å². The van der Waals surface area contributed by atoms with Gasteiger partial charge in [-0.15, -0.1) is 16.8 Å². The van der Waals surface area contributed by atoms with E-state index in [0.717, 1.165) is 34.7 Å². The van der Waals surface area contributed by atoms with Gasteiger partial charge in [0.1, 0.15) is 5.82 Å². The summed E-state index contributed by atoms with van der Waals surface area (Å²) in [7, 11) is 0. The maximum Gasteiger partial charge on any atom is 0.416 e. The molecule has 37 heavy (non-hydrogen) atoms. The minimum Gasteiger partial charge on any atom is -0.326 e. The Morgan fingerprint density at radius 3 is 2.51 bits per heavy atom. The Morgan fingerprint density at radius 2 is 1.73 bits per heavy atom. The van der Waals surface area contributed by atoms with E-state index in [9.17, 15) is 22.8 Å². The van der Waals surface area contributed by atoms with E-state index >= 15 is 0 Å². The van der Waals surface area contributed by atoms with E-state index in [0.29, 0.717) is 16.7 Å². The van der Waals surface area contributed by atoms with Crippen LogP contribution in [-0.2, 0) is 28.7 Å². The first-order valence-electron chi connectivity index (χ1n) is 11.1. The van der Waals surface area contributed by atoms with Crippen molar-refractivity contribution >= 4 is 45.7 Å². The molecule has 0 unspecified atom stereocenters. The fourth-order valence-corrected chi connectivity index (χ4v) is 4.41. The van der Waals surface area contributed by atoms with Crippen molar-refractivity contribution in [3.05, 3.63) is 90.8 Å². The van der Waals surface area contributed by atoms with Gasteiger partial charge in [0.25, 0.3) is 0 Å². The summed E-state index contributed by atoms with van der Waals surface area (Å²) >= 11 is 1.15. The van der Waals surface area contributed by atoms with Crippen LogP contribution in [-0.4, -0.2) is 32.3 Å². The monoisotopic (exact) mass is 525 g/mol. The number of amides is 2. The summed E-state index contributed by atoms with van der Waals surface area (Å²) in [6.45, 7) is 3.99. The van der Waals surface area contributed by atoms with Crippen LogP contribution < -0.4 is 10.6 Å². The molecule has 0 aliphatic heterocycles. The van der Waals surface area contributed by atoms with Crippen molar-refractivity contribution in [3.63, 3.8) is 0 Å². The van der Waals surface area contributed by atoms with E-state index in [-0.39, 0.29) is 30.3 Å². The van der Waals surface area contributed by atoms with Crippen LogP contribution in [0, 0.1) is 0 Å². The van der Waals surface area contributed by atoms with Gasteiger partial charge in [-0.1, -0.05) is 60.3 Å². The van der Waals surface area contributed by atoms with Crippen LogP contribution in [0.25, 0.3) is 10.8 Å². The predicted octanol–water partition coefficient (Wildman–Crippen LogP) is 5.55. The molecule has 0 bridgehead atoms. The summed E-state index contributed by atoms with van der Waals surface area (Å²) < 4.78 is 40.4. The number of aromatic nitrogens is 3. The summed E-state index contributed by atoms with van der Waals surface area (Å²) in [5, 5.41) is 15.8. The quantitative estimate of drug-likeness (QED) is 0.221. The zero-order chi connectivity index (χ0) is 26.4. The van der Waals surface area contributed by atoms with Crippen molar-refractivity contribution in [2.45, 2.75) is 24.3 Å². The van der Waals surface area contributed by atoms with E-state index in [1.54, 1.807) is 10.6 Å². The Hall–Kier alpha value is -4.12. The second kappa shape index (κ2) is 11.3. The highest BCUT2D eigenvalue weighted by molar-refractivity contribution is 7.99. The molecule has 3 aromatic carbocycles. The van der Waals surface area contributed by atoms with Crippen LogP contribution in [0.4, 0.5) is 24.5 Å². The smallest absolute Gasteiger partial charge is 0.326 e. The van der Waals surface area contributed by atoms with Gasteiger partial charge in [-0.05, 0) is 29.7 Å². The number of carbonyl (C=O) groups excluding carboxylic acids is 2. The maximum absolute atomic E-state index is 12.9. The van der Waals surface area contributed by atoms with Crippen molar-refractivity contribution in [2.75, 3.05) is 16.4 Å². The van der Waals surface area contributed by atoms with Crippen LogP contribution in [0.2, 0.25) is 0 Å². The van der Waals surface area contributed by atoms with Gasteiger partial charge in [0.05, 0.1) is 17.7 Å². The minimum atomic E-state index is -4.52. The fourth-order valence-electron chi connectivity index (χ4n) is 3.64. The molecule has 0 fully saturated rings. The molecule has 1 heterocycles. The normalized spacial score (nSPS) is 11.3. The van der Waals surface area contributed by atoms with Crippen molar-refractivity contribution in [2.24, 2.45) is 0 Å². The standard InChI is InChI=1S/C26H22F3N5O2S/c1-2-13-34-22(15-23(35)30-19-10-6-9-18(14-19)26(27,28)29)32-33-25(34)37-16-24(36)31-21-12-5-8-17-7-3-4-11-20(17)21/h2-12,14H,1,13,15-16H2,(H,30,35)(H,31,36). The summed E-state index contributed by atoms with van der Waals surface area (Å²) in [5.41, 5.74) is -0.141. The number of benzene rings is 3. The van der Waals surface area contributed by atoms with E-state index in [2.05, 4.69) is 27.4 Å². The number of rotatable bonds is 9. The SMILES string of the molecule is C=CCn1c(CC(=O)Nc2cccc(C(F)(F)F)c2)nnc1SCC(=O)Nc1cccc2ccccc12. The largest absolute Gasteiger partial charge is 0.416 e. The number of halogens is 3. The molecular weight excluding hydrogens is 503 g/mol. The molecule has 190 valence electrons. The number of nitrogens with zero attached hydrogens (tertiary/aromatic N) is 3. The zero-order valence-electron chi connectivity index (χ0n) is 19.5. The van der Waals surface area contributed by atoms with E-state index in [4.69, 9.17) is 0 Å². The highest BCUT2D eigenvalue weighted by Gasteiger charge is 2.30. The zero-order valence-corrected chi connectivity index (χ0v) is 20.3. The lowest BCUT2D eigenvalue weighted by molar-refractivity contribution is -0.137. The first kappa shape index (κ1) is 26.0. The lowest BCUT2D eigenvalue weighted by Crippen LogP contribution is -2.18. The van der Waals surface area contributed by atoms with Gasteiger partial charge in [-0.3, -0.25) is 9.59 Å². The number of nitrogens with one attached hydrogen (secondary N) is 2. The average Bonchev–Trinajstić information content (AvgIpc) is 3.23. The minimum absolute atomic E-state index is 0.0225. The average molecular weight is 526 g/mol. The van der Waals surface area contributed by atoms with Gasteiger partial charge in [0, 0.05) is 23.3 Å².